The number of carbonyl (C=O) groups is 1. The Morgan fingerprint density at radius 2 is 1.50 bits per heavy atom. The highest BCUT2D eigenvalue weighted by molar-refractivity contribution is 5.56. The van der Waals surface area contributed by atoms with Crippen molar-refractivity contribution in [2.24, 2.45) is 0 Å². The largest absolute Gasteiger partial charge is 0.412 e. The van der Waals surface area contributed by atoms with Crippen molar-refractivity contribution in [2.45, 2.75) is 31.3 Å². The molecule has 0 bridgehead atoms. The van der Waals surface area contributed by atoms with E-state index in [9.17, 15) is 4.79 Å². The first-order valence-corrected chi connectivity index (χ1v) is 3.18. The van der Waals surface area contributed by atoms with Gasteiger partial charge in [-0.1, -0.05) is 0 Å². The Balaban J connectivity index is 0. The lowest BCUT2D eigenvalue weighted by molar-refractivity contribution is -0.132. The monoisotopic (exact) mass is 183 g/mol. The molecule has 0 amide bonds. The van der Waals surface area contributed by atoms with Crippen LogP contribution in [0.3, 0.4) is 0 Å². The lowest BCUT2D eigenvalue weighted by Gasteiger charge is -2.21. The molecule has 0 heterocycles. The van der Waals surface area contributed by atoms with E-state index >= 15 is 0 Å². The molecule has 6 heteroatoms. The molecule has 0 aliphatic carbocycles. The summed E-state index contributed by atoms with van der Waals surface area (Å²) in [4.78, 5) is 9.87. The molecule has 0 unspecified atom stereocenters. The van der Waals surface area contributed by atoms with Gasteiger partial charge in [-0.05, 0) is 6.92 Å². The van der Waals surface area contributed by atoms with Crippen molar-refractivity contribution in [3.8, 4) is 0 Å². The van der Waals surface area contributed by atoms with Gasteiger partial charge in [-0.3, -0.25) is 0 Å². The van der Waals surface area contributed by atoms with Gasteiger partial charge in [0, 0.05) is 0 Å². The van der Waals surface area contributed by atoms with Crippen LogP contribution in [0.2, 0.25) is 0 Å². The Morgan fingerprint density at radius 1 is 1.08 bits per heavy atom. The molecular formula is C6H14O6. The third-order valence-electron chi connectivity index (χ3n) is 1.33. The Kier molecular flexibility index (Phi) is 7.05. The molecule has 0 rings (SSSR count). The molecule has 12 heavy (non-hydrogen) atoms. The maximum absolute atomic E-state index is 9.87. The average molecular weight is 183 g/mol. The van der Waals surface area contributed by atoms with Crippen LogP contribution in [0.15, 0.2) is 0 Å². The minimum atomic E-state index is -1.65. The normalized spacial score (nSPS) is 20.1. The fourth-order valence-electron chi connectivity index (χ4n) is 0.568. The van der Waals surface area contributed by atoms with Gasteiger partial charge in [0.25, 0.3) is 0 Å². The van der Waals surface area contributed by atoms with Crippen molar-refractivity contribution in [2.75, 3.05) is 0 Å². The molecule has 0 spiro atoms. The molecule has 74 valence electrons. The van der Waals surface area contributed by atoms with E-state index in [0.29, 0.717) is 0 Å². The van der Waals surface area contributed by atoms with Crippen molar-refractivity contribution in [3.63, 3.8) is 0 Å². The van der Waals surface area contributed by atoms with Gasteiger partial charge in [0.2, 0.25) is 0 Å². The van der Waals surface area contributed by atoms with Crippen LogP contribution in [0.25, 0.3) is 0 Å². The van der Waals surface area contributed by atoms with Crippen molar-refractivity contribution >= 4 is 6.29 Å². The van der Waals surface area contributed by atoms with Crippen LogP contribution in [0.4, 0.5) is 0 Å². The van der Waals surface area contributed by atoms with Gasteiger partial charge >= 0.3 is 0 Å². The number of aliphatic hydroxyl groups is 4. The topological polar surface area (TPSA) is 129 Å². The first-order valence-electron chi connectivity index (χ1n) is 3.18. The zero-order chi connectivity index (χ0) is 9.02. The smallest absolute Gasteiger partial charge is 0.151 e. The number of hydrogen-bond donors (Lipinski definition) is 4. The lowest BCUT2D eigenvalue weighted by atomic mass is 10.2. The Morgan fingerprint density at radius 3 is 1.75 bits per heavy atom. The van der Waals surface area contributed by atoms with Gasteiger partial charge in [0.1, 0.15) is 18.3 Å². The highest BCUT2D eigenvalue weighted by atomic mass is 16.4. The average Bonchev–Trinajstić information content (AvgIpc) is 2.00. The van der Waals surface area contributed by atoms with E-state index in [0.717, 1.165) is 0 Å². The summed E-state index contributed by atoms with van der Waals surface area (Å²) in [6.07, 6.45) is -5.88. The molecule has 0 aromatic carbocycles. The van der Waals surface area contributed by atoms with E-state index in [2.05, 4.69) is 0 Å². The number of aliphatic hydroxyl groups excluding tert-OH is 4. The maximum atomic E-state index is 9.87. The van der Waals surface area contributed by atoms with Gasteiger partial charge in [0.15, 0.2) is 6.29 Å². The standard InChI is InChI=1S/C6H12O5.H2O/c1-3(8)5(10)6(11)4(9)2-7;/h2-6,8-11H,1H3;1H2/t3-,4-,5-,6-;/m0./s1/i6+1;. The number of rotatable bonds is 4. The van der Waals surface area contributed by atoms with Crippen molar-refractivity contribution in [3.05, 3.63) is 0 Å². The number of hydrogen-bond acceptors (Lipinski definition) is 5. The predicted molar refractivity (Wildman–Crippen MR) is 39.4 cm³/mol. The van der Waals surface area contributed by atoms with Gasteiger partial charge in [-0.25, -0.2) is 0 Å². The Labute approximate surface area is 69.4 Å². The van der Waals surface area contributed by atoms with Crippen LogP contribution in [-0.2, 0) is 4.79 Å². The van der Waals surface area contributed by atoms with Crippen molar-refractivity contribution < 1.29 is 30.7 Å². The van der Waals surface area contributed by atoms with Crippen LogP contribution in [-0.4, -0.2) is 56.6 Å². The molecule has 0 aliphatic heterocycles. The van der Waals surface area contributed by atoms with E-state index in [1.807, 2.05) is 0 Å². The van der Waals surface area contributed by atoms with E-state index < -0.39 is 24.4 Å². The summed E-state index contributed by atoms with van der Waals surface area (Å²) in [5.74, 6) is 0. The van der Waals surface area contributed by atoms with E-state index in [1.54, 1.807) is 0 Å². The van der Waals surface area contributed by atoms with Crippen LogP contribution >= 0.6 is 0 Å². The Bertz CT molecular complexity index is 125. The van der Waals surface area contributed by atoms with Crippen LogP contribution in [0, 0.1) is 0 Å². The summed E-state index contributed by atoms with van der Waals surface area (Å²) in [7, 11) is 0. The van der Waals surface area contributed by atoms with Gasteiger partial charge in [-0.2, -0.15) is 0 Å². The first kappa shape index (κ1) is 14.0. The fraction of sp³-hybridized carbons (Fsp3) is 0.833. The molecule has 0 saturated heterocycles. The predicted octanol–water partition coefficient (Wildman–Crippen LogP) is -3.18. The second-order valence-electron chi connectivity index (χ2n) is 2.35. The van der Waals surface area contributed by atoms with E-state index in [4.69, 9.17) is 20.4 Å². The minimum absolute atomic E-state index is 0. The highest BCUT2D eigenvalue weighted by Gasteiger charge is 2.27. The van der Waals surface area contributed by atoms with Crippen molar-refractivity contribution in [1.82, 2.24) is 0 Å². The molecular weight excluding hydrogens is 169 g/mol. The highest BCUT2D eigenvalue weighted by Crippen LogP contribution is 2.02. The second-order valence-corrected chi connectivity index (χ2v) is 2.35. The zero-order valence-electron chi connectivity index (χ0n) is 6.58. The summed E-state index contributed by atoms with van der Waals surface area (Å²) < 4.78 is 0. The summed E-state index contributed by atoms with van der Waals surface area (Å²) >= 11 is 0. The third-order valence-corrected chi connectivity index (χ3v) is 1.33. The van der Waals surface area contributed by atoms with Crippen LogP contribution in [0.1, 0.15) is 6.92 Å². The van der Waals surface area contributed by atoms with Crippen LogP contribution in [0.5, 0.6) is 0 Å². The molecule has 0 saturated carbocycles. The Hall–Kier alpha value is -0.530. The second kappa shape index (κ2) is 6.04. The SMILES string of the molecule is C[C@H](O)[C@H](O)[13C@@H](O)[C@@H](O)C=O.O. The maximum Gasteiger partial charge on any atom is 0.151 e. The number of aldehydes is 1. The molecule has 0 fully saturated rings. The molecule has 4 atom stereocenters. The first-order chi connectivity index (χ1) is 5.00. The van der Waals surface area contributed by atoms with E-state index in [-0.39, 0.29) is 11.8 Å². The summed E-state index contributed by atoms with van der Waals surface area (Å²) in [6.45, 7) is 1.24. The summed E-state index contributed by atoms with van der Waals surface area (Å²) in [6, 6.07) is 0. The van der Waals surface area contributed by atoms with Gasteiger partial charge in [0.05, 0.1) is 6.10 Å². The molecule has 0 aromatic rings. The molecule has 0 radical (unpaired) electrons. The quantitative estimate of drug-likeness (QED) is 0.270. The number of carbonyl (C=O) groups excluding carboxylic acids is 1. The molecule has 0 aliphatic rings. The van der Waals surface area contributed by atoms with E-state index in [1.165, 1.54) is 6.92 Å². The molecule has 6 N–H and O–H groups in total. The van der Waals surface area contributed by atoms with Crippen molar-refractivity contribution in [1.29, 1.82) is 0 Å². The van der Waals surface area contributed by atoms with Gasteiger partial charge < -0.3 is 30.7 Å². The summed E-state index contributed by atoms with van der Waals surface area (Å²) in [5.41, 5.74) is 0. The summed E-state index contributed by atoms with van der Waals surface area (Å²) in [5, 5.41) is 35.1. The minimum Gasteiger partial charge on any atom is -0.412 e. The zero-order valence-corrected chi connectivity index (χ0v) is 6.58. The molecule has 6 nitrogen and oxygen atoms in total. The fourth-order valence-corrected chi connectivity index (χ4v) is 0.568. The van der Waals surface area contributed by atoms with Gasteiger partial charge in [-0.15, -0.1) is 0 Å². The third kappa shape index (κ3) is 3.74. The lowest BCUT2D eigenvalue weighted by Crippen LogP contribution is -2.43. The van der Waals surface area contributed by atoms with Crippen LogP contribution < -0.4 is 0 Å². The molecule has 0 aromatic heterocycles.